The van der Waals surface area contributed by atoms with E-state index in [-0.39, 0.29) is 31.1 Å². The van der Waals surface area contributed by atoms with Gasteiger partial charge in [-0.15, -0.1) is 5.10 Å². The quantitative estimate of drug-likeness (QED) is 0.115. The SMILES string of the molecule is [B]n1cc(CCN(C)[C@H]2C[C@@H](C)O[C@@H](OC3[C@@H](C)C(=O)[C@@H](C)C(=O)O[C@H](CC)[C@@](C)(O)[C@H](O)[C@@H](C)/C(=N/O[C@@H]4CCCNC4)[C@H](C)C[C@@]3(C)OC)[C@@H]2O)nn1. The Morgan fingerprint density at radius 2 is 1.87 bits per heavy atom. The summed E-state index contributed by atoms with van der Waals surface area (Å²) in [7, 11) is 9.10. The van der Waals surface area contributed by atoms with Gasteiger partial charge < -0.3 is 53.9 Å². The zero-order chi connectivity index (χ0) is 40.8. The van der Waals surface area contributed by atoms with E-state index in [2.05, 4.69) is 20.8 Å². The zero-order valence-electron chi connectivity index (χ0n) is 34.4. The van der Waals surface area contributed by atoms with Crippen LogP contribution in [0.1, 0.15) is 93.2 Å². The summed E-state index contributed by atoms with van der Waals surface area (Å²) in [5.74, 6) is -4.73. The lowest BCUT2D eigenvalue weighted by Gasteiger charge is -2.47. The standard InChI is InChI=1S/C38H65BN6O10/c1-11-29-38(8,50)33(48)23(4)30(42-55-27-13-12-15-40-19-27)21(2)18-37(7,51-10)34(24(5)31(46)25(6)35(49)53-29)54-36-32(47)28(17-22(3)52-36)44(9)16-14-26-20-45(39)43-41-26/h20-25,27-29,32-34,36,40,47-48,50H,11-19H2,1-10H3/b42-30+/t21-,22-,23+,24+,25-,27-,28+,29-,32-,33-,34?,36+,37-,38-/m1/s1. The maximum absolute atomic E-state index is 14.3. The molecule has 55 heavy (non-hydrogen) atoms. The second kappa shape index (κ2) is 19.3. The second-order valence-corrected chi connectivity index (χ2v) is 16.5. The van der Waals surface area contributed by atoms with E-state index in [9.17, 15) is 24.9 Å². The third kappa shape index (κ3) is 10.7. The van der Waals surface area contributed by atoms with Gasteiger partial charge in [0.05, 0.1) is 35.3 Å². The Balaban J connectivity index is 1.72. The number of oxime groups is 1. The van der Waals surface area contributed by atoms with E-state index in [0.717, 1.165) is 24.0 Å². The van der Waals surface area contributed by atoms with Crippen molar-refractivity contribution < 1.29 is 48.7 Å². The highest BCUT2D eigenvalue weighted by Gasteiger charge is 2.52. The van der Waals surface area contributed by atoms with E-state index in [1.807, 2.05) is 32.7 Å². The monoisotopic (exact) mass is 776 g/mol. The number of ether oxygens (including phenoxy) is 4. The lowest BCUT2D eigenvalue weighted by molar-refractivity contribution is -0.295. The minimum atomic E-state index is -1.90. The fraction of sp³-hybridized carbons (Fsp3) is 0.868. The van der Waals surface area contributed by atoms with Crippen LogP contribution in [0.2, 0.25) is 0 Å². The minimum Gasteiger partial charge on any atom is -0.459 e. The number of piperidine rings is 1. The van der Waals surface area contributed by atoms with Gasteiger partial charge in [0.1, 0.15) is 29.8 Å². The van der Waals surface area contributed by atoms with Crippen LogP contribution < -0.4 is 5.32 Å². The summed E-state index contributed by atoms with van der Waals surface area (Å²) in [6, 6.07) is -0.376. The van der Waals surface area contributed by atoms with Crippen molar-refractivity contribution in [1.82, 2.24) is 25.1 Å². The summed E-state index contributed by atoms with van der Waals surface area (Å²) in [6.45, 7) is 15.7. The van der Waals surface area contributed by atoms with E-state index in [4.69, 9.17) is 31.8 Å². The maximum atomic E-state index is 14.3. The molecule has 4 rings (SSSR count). The number of aromatic nitrogens is 3. The molecule has 0 aromatic carbocycles. The smallest absolute Gasteiger partial charge is 0.316 e. The Morgan fingerprint density at radius 1 is 1.16 bits per heavy atom. The molecule has 4 N–H and O–H groups in total. The Hall–Kier alpha value is -2.51. The third-order valence-corrected chi connectivity index (χ3v) is 12.1. The van der Waals surface area contributed by atoms with Crippen LogP contribution in [-0.4, -0.2) is 155 Å². The fourth-order valence-electron chi connectivity index (χ4n) is 8.47. The van der Waals surface area contributed by atoms with Crippen LogP contribution >= 0.6 is 0 Å². The number of aliphatic hydroxyl groups is 3. The fourth-order valence-corrected chi connectivity index (χ4v) is 8.47. The Labute approximate surface area is 327 Å². The summed E-state index contributed by atoms with van der Waals surface area (Å²) >= 11 is 0. The van der Waals surface area contributed by atoms with Gasteiger partial charge in [-0.3, -0.25) is 9.59 Å². The molecule has 14 atom stereocenters. The Bertz CT molecular complexity index is 1440. The van der Waals surface area contributed by atoms with Crippen molar-refractivity contribution in [3.63, 3.8) is 0 Å². The summed E-state index contributed by atoms with van der Waals surface area (Å²) in [5.41, 5.74) is -1.97. The van der Waals surface area contributed by atoms with Crippen LogP contribution in [0.5, 0.6) is 0 Å². The number of likely N-dealkylation sites (N-methyl/N-ethyl adjacent to an activating group) is 1. The maximum Gasteiger partial charge on any atom is 0.316 e. The molecule has 310 valence electrons. The van der Waals surface area contributed by atoms with Gasteiger partial charge in [-0.2, -0.15) is 0 Å². The number of cyclic esters (lactones) is 1. The molecule has 0 bridgehead atoms. The lowest BCUT2D eigenvalue weighted by Crippen LogP contribution is -2.60. The third-order valence-electron chi connectivity index (χ3n) is 12.1. The Morgan fingerprint density at radius 3 is 2.47 bits per heavy atom. The summed E-state index contributed by atoms with van der Waals surface area (Å²) in [6.07, 6.45) is -1.58. The van der Waals surface area contributed by atoms with Crippen molar-refractivity contribution in [1.29, 1.82) is 0 Å². The molecule has 2 radical (unpaired) electrons. The summed E-state index contributed by atoms with van der Waals surface area (Å²) < 4.78 is 26.2. The number of rotatable bonds is 10. The average molecular weight is 777 g/mol. The van der Waals surface area contributed by atoms with E-state index in [1.165, 1.54) is 21.0 Å². The van der Waals surface area contributed by atoms with Gasteiger partial charge in [-0.05, 0) is 73.4 Å². The number of methoxy groups -OCH3 is 1. The zero-order valence-corrected chi connectivity index (χ0v) is 34.4. The van der Waals surface area contributed by atoms with Gasteiger partial charge >= 0.3 is 5.97 Å². The number of esters is 1. The highest BCUT2D eigenvalue weighted by molar-refractivity contribution is 6.05. The van der Waals surface area contributed by atoms with Gasteiger partial charge in [0.2, 0.25) is 0 Å². The number of Topliss-reactive ketones (excluding diaryl/α,β-unsaturated/α-hetero) is 1. The van der Waals surface area contributed by atoms with E-state index >= 15 is 0 Å². The number of ketones is 1. The van der Waals surface area contributed by atoms with Crippen molar-refractivity contribution in [2.75, 3.05) is 33.8 Å². The van der Waals surface area contributed by atoms with Crippen LogP contribution in [0.4, 0.5) is 0 Å². The van der Waals surface area contributed by atoms with Crippen LogP contribution in [0, 0.1) is 23.7 Å². The van der Waals surface area contributed by atoms with E-state index in [1.54, 1.807) is 27.0 Å². The molecule has 0 saturated carbocycles. The largest absolute Gasteiger partial charge is 0.459 e. The highest BCUT2D eigenvalue weighted by Crippen LogP contribution is 2.39. The number of carbonyl (C=O) groups excluding carboxylic acids is 2. The van der Waals surface area contributed by atoms with Gasteiger partial charge in [-0.25, -0.2) is 0 Å². The molecule has 0 amide bonds. The predicted octanol–water partition coefficient (Wildman–Crippen LogP) is 1.41. The molecule has 16 nitrogen and oxygen atoms in total. The summed E-state index contributed by atoms with van der Waals surface area (Å²) in [4.78, 5) is 36.0. The van der Waals surface area contributed by atoms with Crippen molar-refractivity contribution >= 4 is 25.4 Å². The molecule has 3 aliphatic heterocycles. The molecule has 1 aromatic rings. The number of aliphatic hydroxyl groups excluding tert-OH is 2. The predicted molar refractivity (Wildman–Crippen MR) is 204 cm³/mol. The molecular formula is C38H65BN6O10. The van der Waals surface area contributed by atoms with E-state index < -0.39 is 77.3 Å². The normalized spacial score (nSPS) is 40.9. The van der Waals surface area contributed by atoms with Crippen LogP contribution in [-0.2, 0) is 39.8 Å². The number of nitrogens with one attached hydrogen (secondary N) is 1. The summed E-state index contributed by atoms with van der Waals surface area (Å²) in [5, 5.41) is 51.2. The number of hydrogen-bond acceptors (Lipinski definition) is 15. The van der Waals surface area contributed by atoms with Crippen LogP contribution in [0.25, 0.3) is 0 Å². The van der Waals surface area contributed by atoms with Gasteiger partial charge in [-0.1, -0.05) is 38.1 Å². The molecule has 0 spiro atoms. The topological polar surface area (TPSA) is 199 Å². The van der Waals surface area contributed by atoms with Crippen molar-refractivity contribution in [2.24, 2.45) is 28.8 Å². The average Bonchev–Trinajstić information content (AvgIpc) is 3.59. The molecular weight excluding hydrogens is 711 g/mol. The first-order valence-electron chi connectivity index (χ1n) is 19.8. The van der Waals surface area contributed by atoms with E-state index in [0.29, 0.717) is 37.3 Å². The first-order valence-corrected chi connectivity index (χ1v) is 19.8. The number of nitrogens with zero attached hydrogens (tertiary/aromatic N) is 5. The van der Waals surface area contributed by atoms with Crippen molar-refractivity contribution in [3.8, 4) is 0 Å². The Kier molecular flexibility index (Phi) is 15.9. The number of hydrogen-bond donors (Lipinski definition) is 4. The second-order valence-electron chi connectivity index (χ2n) is 16.5. The van der Waals surface area contributed by atoms with Crippen LogP contribution in [0.3, 0.4) is 0 Å². The van der Waals surface area contributed by atoms with Crippen molar-refractivity contribution in [2.45, 2.75) is 154 Å². The molecule has 0 aliphatic carbocycles. The lowest BCUT2D eigenvalue weighted by atomic mass is 9.74. The van der Waals surface area contributed by atoms with Gasteiger partial charge in [0, 0.05) is 56.6 Å². The van der Waals surface area contributed by atoms with Crippen molar-refractivity contribution in [3.05, 3.63) is 11.9 Å². The molecule has 3 fully saturated rings. The number of carbonyl (C=O) groups is 2. The molecule has 3 saturated heterocycles. The molecule has 17 heteroatoms. The molecule has 4 heterocycles. The molecule has 3 aliphatic rings. The minimum absolute atomic E-state index is 0.177. The van der Waals surface area contributed by atoms with Gasteiger partial charge in [0.25, 0.3) is 7.98 Å². The molecule has 1 aromatic heterocycles. The molecule has 1 unspecified atom stereocenters. The van der Waals surface area contributed by atoms with Crippen LogP contribution in [0.15, 0.2) is 11.4 Å². The van der Waals surface area contributed by atoms with Gasteiger partial charge in [0.15, 0.2) is 12.1 Å². The first kappa shape index (κ1) is 45.2. The first-order chi connectivity index (χ1) is 25.8. The highest BCUT2D eigenvalue weighted by atomic mass is 16.7.